The molecule has 0 heterocycles. The fourth-order valence-corrected chi connectivity index (χ4v) is 2.59. The van der Waals surface area contributed by atoms with Gasteiger partial charge in [-0.25, -0.2) is 4.39 Å². The van der Waals surface area contributed by atoms with Crippen molar-refractivity contribution in [2.45, 2.75) is 45.4 Å². The highest BCUT2D eigenvalue weighted by atomic mass is 19.1. The molecule has 1 aliphatic carbocycles. The van der Waals surface area contributed by atoms with Crippen LogP contribution in [0.25, 0.3) is 0 Å². The first kappa shape index (κ1) is 10.7. The number of hydrogen-bond donors (Lipinski definition) is 0. The molecule has 1 heteroatoms. The van der Waals surface area contributed by atoms with Crippen LogP contribution in [0.15, 0.2) is 18.2 Å². The molecule has 2 rings (SSSR count). The van der Waals surface area contributed by atoms with Crippen LogP contribution in [0.4, 0.5) is 4.39 Å². The van der Waals surface area contributed by atoms with E-state index in [1.807, 2.05) is 6.92 Å². The summed E-state index contributed by atoms with van der Waals surface area (Å²) in [6.45, 7) is 4.28. The molecule has 0 saturated heterocycles. The van der Waals surface area contributed by atoms with Crippen LogP contribution in [0.5, 0.6) is 0 Å². The second kappa shape index (κ2) is 4.34. The van der Waals surface area contributed by atoms with Gasteiger partial charge in [-0.05, 0) is 54.9 Å². The SMILES string of the molecule is Cc1cc(F)cc(C2CCC(C)CC2)c1. The summed E-state index contributed by atoms with van der Waals surface area (Å²) >= 11 is 0. The average molecular weight is 206 g/mol. The standard InChI is InChI=1S/C14H19F/c1-10-3-5-12(6-4-10)13-7-11(2)8-14(15)9-13/h7-10,12H,3-6H2,1-2H3. The van der Waals surface area contributed by atoms with Crippen molar-refractivity contribution >= 4 is 0 Å². The van der Waals surface area contributed by atoms with Crippen molar-refractivity contribution in [1.82, 2.24) is 0 Å². The first-order valence-corrected chi connectivity index (χ1v) is 5.92. The lowest BCUT2D eigenvalue weighted by molar-refractivity contribution is 0.347. The largest absolute Gasteiger partial charge is 0.207 e. The molecule has 1 aromatic rings. The van der Waals surface area contributed by atoms with Crippen LogP contribution in [-0.4, -0.2) is 0 Å². The van der Waals surface area contributed by atoms with E-state index in [0.29, 0.717) is 5.92 Å². The van der Waals surface area contributed by atoms with Crippen LogP contribution in [0.1, 0.15) is 49.7 Å². The molecule has 0 N–H and O–H groups in total. The zero-order valence-corrected chi connectivity index (χ0v) is 9.59. The van der Waals surface area contributed by atoms with Crippen LogP contribution >= 0.6 is 0 Å². The van der Waals surface area contributed by atoms with Gasteiger partial charge in [0.25, 0.3) is 0 Å². The maximum Gasteiger partial charge on any atom is 0.123 e. The van der Waals surface area contributed by atoms with Gasteiger partial charge >= 0.3 is 0 Å². The van der Waals surface area contributed by atoms with Crippen molar-refractivity contribution in [3.8, 4) is 0 Å². The number of halogens is 1. The number of aryl methyl sites for hydroxylation is 1. The molecule has 82 valence electrons. The summed E-state index contributed by atoms with van der Waals surface area (Å²) in [5.74, 6) is 1.37. The van der Waals surface area contributed by atoms with E-state index in [4.69, 9.17) is 0 Å². The molecule has 0 radical (unpaired) electrons. The Labute approximate surface area is 91.5 Å². The van der Waals surface area contributed by atoms with Crippen molar-refractivity contribution in [3.05, 3.63) is 35.1 Å². The minimum Gasteiger partial charge on any atom is -0.207 e. The lowest BCUT2D eigenvalue weighted by Gasteiger charge is -2.26. The average Bonchev–Trinajstić information content (AvgIpc) is 2.17. The van der Waals surface area contributed by atoms with E-state index >= 15 is 0 Å². The van der Waals surface area contributed by atoms with E-state index < -0.39 is 0 Å². The molecule has 1 fully saturated rings. The fraction of sp³-hybridized carbons (Fsp3) is 0.571. The summed E-state index contributed by atoms with van der Waals surface area (Å²) in [6.07, 6.45) is 5.04. The summed E-state index contributed by atoms with van der Waals surface area (Å²) in [4.78, 5) is 0. The van der Waals surface area contributed by atoms with Crippen molar-refractivity contribution < 1.29 is 4.39 Å². The molecule has 0 aromatic heterocycles. The van der Waals surface area contributed by atoms with Crippen LogP contribution in [-0.2, 0) is 0 Å². The fourth-order valence-electron chi connectivity index (χ4n) is 2.59. The summed E-state index contributed by atoms with van der Waals surface area (Å²) in [6, 6.07) is 5.46. The molecule has 1 aliphatic rings. The highest BCUT2D eigenvalue weighted by Crippen LogP contribution is 2.35. The second-order valence-electron chi connectivity index (χ2n) is 5.02. The monoisotopic (exact) mass is 206 g/mol. The Morgan fingerprint density at radius 1 is 1.07 bits per heavy atom. The number of benzene rings is 1. The third-order valence-electron chi connectivity index (χ3n) is 3.55. The summed E-state index contributed by atoms with van der Waals surface area (Å²) in [5, 5.41) is 0. The van der Waals surface area contributed by atoms with E-state index in [0.717, 1.165) is 11.5 Å². The molecule has 0 amide bonds. The maximum absolute atomic E-state index is 13.3. The Bertz CT molecular complexity index is 315. The molecule has 0 nitrogen and oxygen atoms in total. The quantitative estimate of drug-likeness (QED) is 0.637. The first-order chi connectivity index (χ1) is 7.15. The minimum atomic E-state index is -0.0800. The molecular formula is C14H19F. The maximum atomic E-state index is 13.3. The molecule has 15 heavy (non-hydrogen) atoms. The second-order valence-corrected chi connectivity index (χ2v) is 5.02. The Morgan fingerprint density at radius 2 is 1.73 bits per heavy atom. The predicted molar refractivity (Wildman–Crippen MR) is 61.5 cm³/mol. The van der Waals surface area contributed by atoms with Gasteiger partial charge in [-0.2, -0.15) is 0 Å². The van der Waals surface area contributed by atoms with E-state index in [-0.39, 0.29) is 5.82 Å². The van der Waals surface area contributed by atoms with Gasteiger partial charge in [0.05, 0.1) is 0 Å². The molecule has 0 spiro atoms. The van der Waals surface area contributed by atoms with E-state index in [1.54, 1.807) is 12.1 Å². The predicted octanol–water partition coefficient (Wildman–Crippen LogP) is 4.43. The van der Waals surface area contributed by atoms with Crippen molar-refractivity contribution in [3.63, 3.8) is 0 Å². The van der Waals surface area contributed by atoms with Crippen molar-refractivity contribution in [2.75, 3.05) is 0 Å². The van der Waals surface area contributed by atoms with E-state index in [1.165, 1.54) is 31.2 Å². The van der Waals surface area contributed by atoms with Gasteiger partial charge in [0, 0.05) is 0 Å². The number of rotatable bonds is 1. The number of hydrogen-bond acceptors (Lipinski definition) is 0. The molecule has 0 bridgehead atoms. The molecule has 1 saturated carbocycles. The Morgan fingerprint density at radius 3 is 2.33 bits per heavy atom. The van der Waals surface area contributed by atoms with Crippen LogP contribution < -0.4 is 0 Å². The summed E-state index contributed by atoms with van der Waals surface area (Å²) < 4.78 is 13.3. The first-order valence-electron chi connectivity index (χ1n) is 5.92. The Balaban J connectivity index is 2.15. The topological polar surface area (TPSA) is 0 Å². The molecule has 1 aromatic carbocycles. The highest BCUT2D eigenvalue weighted by Gasteiger charge is 2.20. The van der Waals surface area contributed by atoms with Crippen molar-refractivity contribution in [1.29, 1.82) is 0 Å². The van der Waals surface area contributed by atoms with Crippen LogP contribution in [0.3, 0.4) is 0 Å². The van der Waals surface area contributed by atoms with Gasteiger partial charge in [0.1, 0.15) is 5.82 Å². The van der Waals surface area contributed by atoms with Crippen LogP contribution in [0.2, 0.25) is 0 Å². The van der Waals surface area contributed by atoms with E-state index in [2.05, 4.69) is 13.0 Å². The normalized spacial score (nSPS) is 26.6. The summed E-state index contributed by atoms with van der Waals surface area (Å²) in [5.41, 5.74) is 2.25. The smallest absolute Gasteiger partial charge is 0.123 e. The van der Waals surface area contributed by atoms with Crippen LogP contribution in [0, 0.1) is 18.7 Å². The zero-order valence-electron chi connectivity index (χ0n) is 9.59. The molecular weight excluding hydrogens is 187 g/mol. The molecule has 0 atom stereocenters. The van der Waals surface area contributed by atoms with Gasteiger partial charge in [-0.3, -0.25) is 0 Å². The van der Waals surface area contributed by atoms with Gasteiger partial charge in [0.2, 0.25) is 0 Å². The van der Waals surface area contributed by atoms with Crippen molar-refractivity contribution in [2.24, 2.45) is 5.92 Å². The zero-order chi connectivity index (χ0) is 10.8. The lowest BCUT2D eigenvalue weighted by Crippen LogP contribution is -2.11. The van der Waals surface area contributed by atoms with Gasteiger partial charge < -0.3 is 0 Å². The molecule has 0 aliphatic heterocycles. The van der Waals surface area contributed by atoms with Gasteiger partial charge in [0.15, 0.2) is 0 Å². The highest BCUT2D eigenvalue weighted by molar-refractivity contribution is 5.26. The lowest BCUT2D eigenvalue weighted by atomic mass is 9.79. The van der Waals surface area contributed by atoms with Gasteiger partial charge in [-0.15, -0.1) is 0 Å². The third-order valence-corrected chi connectivity index (χ3v) is 3.55. The molecule has 0 unspecified atom stereocenters. The third kappa shape index (κ3) is 2.58. The Hall–Kier alpha value is -0.850. The van der Waals surface area contributed by atoms with Gasteiger partial charge in [-0.1, -0.05) is 25.8 Å². The summed E-state index contributed by atoms with van der Waals surface area (Å²) in [7, 11) is 0. The van der Waals surface area contributed by atoms with E-state index in [9.17, 15) is 4.39 Å². The Kier molecular flexibility index (Phi) is 3.08. The minimum absolute atomic E-state index is 0.0800.